The molecule has 0 aliphatic carbocycles. The summed E-state index contributed by atoms with van der Waals surface area (Å²) in [4.78, 5) is 14.7. The number of carbonyl (C=O) groups is 1. The number of hydrogen-bond acceptors (Lipinski definition) is 3. The SMILES string of the molecule is CCOC(=O)CCCOc1cccc2c1[nH]c1ccccc12. The lowest BCUT2D eigenvalue weighted by Crippen LogP contribution is -2.06. The molecule has 4 heteroatoms. The first kappa shape index (κ1) is 14.4. The van der Waals surface area contributed by atoms with E-state index < -0.39 is 0 Å². The van der Waals surface area contributed by atoms with Crippen LogP contribution >= 0.6 is 0 Å². The summed E-state index contributed by atoms with van der Waals surface area (Å²) in [5.41, 5.74) is 2.10. The molecule has 0 atom stereocenters. The smallest absolute Gasteiger partial charge is 0.305 e. The van der Waals surface area contributed by atoms with Gasteiger partial charge in [-0.25, -0.2) is 0 Å². The normalized spacial score (nSPS) is 11.0. The summed E-state index contributed by atoms with van der Waals surface area (Å²) in [7, 11) is 0. The third-order valence-corrected chi connectivity index (χ3v) is 3.59. The molecule has 0 saturated heterocycles. The molecule has 3 aromatic rings. The van der Waals surface area contributed by atoms with Gasteiger partial charge in [0.1, 0.15) is 5.75 Å². The Morgan fingerprint density at radius 1 is 1.09 bits per heavy atom. The molecule has 1 aromatic heterocycles. The molecule has 0 aliphatic rings. The lowest BCUT2D eigenvalue weighted by molar-refractivity contribution is -0.143. The van der Waals surface area contributed by atoms with Crippen LogP contribution in [0.3, 0.4) is 0 Å². The lowest BCUT2D eigenvalue weighted by Gasteiger charge is -2.07. The average molecular weight is 297 g/mol. The maximum Gasteiger partial charge on any atom is 0.305 e. The summed E-state index contributed by atoms with van der Waals surface area (Å²) >= 11 is 0. The maximum atomic E-state index is 11.3. The Labute approximate surface area is 129 Å². The fraction of sp³-hybridized carbons (Fsp3) is 0.278. The molecule has 0 fully saturated rings. The van der Waals surface area contributed by atoms with Gasteiger partial charge >= 0.3 is 5.97 Å². The van der Waals surface area contributed by atoms with Crippen molar-refractivity contribution in [3.8, 4) is 5.75 Å². The van der Waals surface area contributed by atoms with Crippen LogP contribution in [0.2, 0.25) is 0 Å². The molecule has 114 valence electrons. The van der Waals surface area contributed by atoms with Gasteiger partial charge in [0.15, 0.2) is 0 Å². The number of aromatic amines is 1. The van der Waals surface area contributed by atoms with Gasteiger partial charge in [0.25, 0.3) is 0 Å². The number of H-pyrrole nitrogens is 1. The molecule has 22 heavy (non-hydrogen) atoms. The number of para-hydroxylation sites is 2. The Hall–Kier alpha value is -2.49. The highest BCUT2D eigenvalue weighted by atomic mass is 16.5. The molecule has 3 rings (SSSR count). The van der Waals surface area contributed by atoms with Crippen LogP contribution in [-0.4, -0.2) is 24.2 Å². The topological polar surface area (TPSA) is 51.3 Å². The Kier molecular flexibility index (Phi) is 4.28. The van der Waals surface area contributed by atoms with Crippen LogP contribution in [0.15, 0.2) is 42.5 Å². The third kappa shape index (κ3) is 2.91. The summed E-state index contributed by atoms with van der Waals surface area (Å²) in [6.07, 6.45) is 1.03. The van der Waals surface area contributed by atoms with E-state index in [-0.39, 0.29) is 5.97 Å². The van der Waals surface area contributed by atoms with Crippen LogP contribution in [0.4, 0.5) is 0 Å². The molecular formula is C18H19NO3. The van der Waals surface area contributed by atoms with Crippen molar-refractivity contribution in [1.82, 2.24) is 4.98 Å². The Morgan fingerprint density at radius 3 is 2.77 bits per heavy atom. The summed E-state index contributed by atoms with van der Waals surface area (Å²) in [5.74, 6) is 0.646. The van der Waals surface area contributed by atoms with Crippen molar-refractivity contribution in [3.05, 3.63) is 42.5 Å². The summed E-state index contributed by atoms with van der Waals surface area (Å²) < 4.78 is 10.7. The summed E-state index contributed by atoms with van der Waals surface area (Å²) in [6.45, 7) is 2.73. The molecule has 1 heterocycles. The summed E-state index contributed by atoms with van der Waals surface area (Å²) in [6, 6.07) is 14.2. The molecule has 0 bridgehead atoms. The monoisotopic (exact) mass is 297 g/mol. The van der Waals surface area contributed by atoms with E-state index in [0.29, 0.717) is 26.1 Å². The van der Waals surface area contributed by atoms with E-state index in [2.05, 4.69) is 23.2 Å². The highest BCUT2D eigenvalue weighted by Crippen LogP contribution is 2.31. The van der Waals surface area contributed by atoms with E-state index in [0.717, 1.165) is 22.2 Å². The second-order valence-corrected chi connectivity index (χ2v) is 5.11. The van der Waals surface area contributed by atoms with E-state index in [4.69, 9.17) is 9.47 Å². The molecule has 4 nitrogen and oxygen atoms in total. The molecule has 0 spiro atoms. The van der Waals surface area contributed by atoms with E-state index in [1.54, 1.807) is 0 Å². The highest BCUT2D eigenvalue weighted by Gasteiger charge is 2.08. The first-order chi connectivity index (χ1) is 10.8. The second kappa shape index (κ2) is 6.52. The first-order valence-corrected chi connectivity index (χ1v) is 7.57. The fourth-order valence-corrected chi connectivity index (χ4v) is 2.60. The van der Waals surface area contributed by atoms with Gasteiger partial charge in [0, 0.05) is 22.7 Å². The van der Waals surface area contributed by atoms with Crippen LogP contribution in [0.25, 0.3) is 21.8 Å². The van der Waals surface area contributed by atoms with E-state index in [1.165, 1.54) is 5.39 Å². The van der Waals surface area contributed by atoms with Crippen LogP contribution < -0.4 is 4.74 Å². The van der Waals surface area contributed by atoms with Crippen molar-refractivity contribution >= 4 is 27.8 Å². The number of rotatable bonds is 6. The minimum absolute atomic E-state index is 0.171. The number of aromatic nitrogens is 1. The zero-order valence-corrected chi connectivity index (χ0v) is 12.6. The maximum absolute atomic E-state index is 11.3. The second-order valence-electron chi connectivity index (χ2n) is 5.11. The third-order valence-electron chi connectivity index (χ3n) is 3.59. The Morgan fingerprint density at radius 2 is 1.91 bits per heavy atom. The quantitative estimate of drug-likeness (QED) is 0.552. The van der Waals surface area contributed by atoms with E-state index in [9.17, 15) is 4.79 Å². The fourth-order valence-electron chi connectivity index (χ4n) is 2.60. The van der Waals surface area contributed by atoms with Crippen LogP contribution in [0.1, 0.15) is 19.8 Å². The number of fused-ring (bicyclic) bond motifs is 3. The summed E-state index contributed by atoms with van der Waals surface area (Å²) in [5, 5.41) is 2.34. The van der Waals surface area contributed by atoms with Gasteiger partial charge in [-0.3, -0.25) is 4.79 Å². The van der Waals surface area contributed by atoms with Crippen molar-refractivity contribution in [2.75, 3.05) is 13.2 Å². The molecule has 0 unspecified atom stereocenters. The Balaban J connectivity index is 1.73. The van der Waals surface area contributed by atoms with Crippen LogP contribution in [0, 0.1) is 0 Å². The van der Waals surface area contributed by atoms with Crippen molar-refractivity contribution < 1.29 is 14.3 Å². The number of benzene rings is 2. The van der Waals surface area contributed by atoms with Crippen LogP contribution in [-0.2, 0) is 9.53 Å². The zero-order chi connectivity index (χ0) is 15.4. The van der Waals surface area contributed by atoms with Gasteiger partial charge in [0.2, 0.25) is 0 Å². The largest absolute Gasteiger partial charge is 0.491 e. The molecule has 1 N–H and O–H groups in total. The van der Waals surface area contributed by atoms with Gasteiger partial charge in [0.05, 0.1) is 18.7 Å². The predicted octanol–water partition coefficient (Wildman–Crippen LogP) is 4.04. The number of hydrogen-bond donors (Lipinski definition) is 1. The first-order valence-electron chi connectivity index (χ1n) is 7.57. The predicted molar refractivity (Wildman–Crippen MR) is 87.2 cm³/mol. The van der Waals surface area contributed by atoms with Crippen LogP contribution in [0.5, 0.6) is 5.75 Å². The molecule has 0 aliphatic heterocycles. The molecule has 0 saturated carbocycles. The van der Waals surface area contributed by atoms with Gasteiger partial charge in [-0.15, -0.1) is 0 Å². The lowest BCUT2D eigenvalue weighted by atomic mass is 10.1. The molecular weight excluding hydrogens is 278 g/mol. The van der Waals surface area contributed by atoms with Crippen molar-refractivity contribution in [2.45, 2.75) is 19.8 Å². The minimum Gasteiger partial charge on any atom is -0.491 e. The number of ether oxygens (including phenoxy) is 2. The van der Waals surface area contributed by atoms with Gasteiger partial charge in [-0.05, 0) is 25.5 Å². The van der Waals surface area contributed by atoms with E-state index in [1.807, 2.05) is 31.2 Å². The number of carbonyl (C=O) groups excluding carboxylic acids is 1. The van der Waals surface area contributed by atoms with E-state index >= 15 is 0 Å². The average Bonchev–Trinajstić information content (AvgIpc) is 2.91. The van der Waals surface area contributed by atoms with Gasteiger partial charge in [-0.2, -0.15) is 0 Å². The molecule has 0 radical (unpaired) electrons. The Bertz CT molecular complexity index is 791. The molecule has 0 amide bonds. The zero-order valence-electron chi connectivity index (χ0n) is 12.6. The van der Waals surface area contributed by atoms with Crippen molar-refractivity contribution in [2.24, 2.45) is 0 Å². The minimum atomic E-state index is -0.171. The van der Waals surface area contributed by atoms with Gasteiger partial charge in [-0.1, -0.05) is 30.3 Å². The van der Waals surface area contributed by atoms with Crippen molar-refractivity contribution in [3.63, 3.8) is 0 Å². The standard InChI is InChI=1S/C18H19NO3/c1-2-21-17(20)11-6-12-22-16-10-5-8-14-13-7-3-4-9-15(13)19-18(14)16/h3-5,7-10,19H,2,6,11-12H2,1H3. The van der Waals surface area contributed by atoms with Gasteiger partial charge < -0.3 is 14.5 Å². The molecule has 2 aromatic carbocycles. The highest BCUT2D eigenvalue weighted by molar-refractivity contribution is 6.09. The number of nitrogens with one attached hydrogen (secondary N) is 1. The van der Waals surface area contributed by atoms with Crippen molar-refractivity contribution in [1.29, 1.82) is 0 Å². The number of esters is 1.